The van der Waals surface area contributed by atoms with Crippen LogP contribution in [0, 0.1) is 13.8 Å². The van der Waals surface area contributed by atoms with Gasteiger partial charge in [0.1, 0.15) is 11.3 Å². The van der Waals surface area contributed by atoms with E-state index in [4.69, 9.17) is 23.4 Å². The number of furan rings is 1. The maximum absolute atomic E-state index is 17.4. The molecule has 0 N–H and O–H groups in total. The molecular formula is C55H54F6O7S3. The van der Waals surface area contributed by atoms with Gasteiger partial charge in [-0.3, -0.25) is 9.59 Å². The number of ether oxygens (including phenoxy) is 4. The van der Waals surface area contributed by atoms with Gasteiger partial charge in [-0.1, -0.05) is 49.6 Å². The van der Waals surface area contributed by atoms with Crippen LogP contribution in [-0.2, 0) is 25.5 Å². The molecule has 7 rings (SSSR count). The Morgan fingerprint density at radius 1 is 0.662 bits per heavy atom. The van der Waals surface area contributed by atoms with E-state index in [1.165, 1.54) is 53.0 Å². The van der Waals surface area contributed by atoms with E-state index in [0.29, 0.717) is 20.9 Å². The lowest BCUT2D eigenvalue weighted by Crippen LogP contribution is -2.48. The van der Waals surface area contributed by atoms with Crippen molar-refractivity contribution in [1.82, 2.24) is 0 Å². The van der Waals surface area contributed by atoms with Crippen LogP contribution in [0.4, 0.5) is 26.3 Å². The average molecular weight is 1040 g/mol. The van der Waals surface area contributed by atoms with Crippen LogP contribution >= 0.6 is 34.0 Å². The van der Waals surface area contributed by atoms with Crippen molar-refractivity contribution < 1.29 is 59.3 Å². The zero-order chi connectivity index (χ0) is 51.7. The smallest absolute Gasteiger partial charge is 0.380 e. The fraction of sp³-hybridized carbons (Fsp3) is 0.345. The molecule has 0 fully saturated rings. The van der Waals surface area contributed by atoms with Crippen LogP contribution in [0.5, 0.6) is 11.5 Å². The predicted octanol–water partition coefficient (Wildman–Crippen LogP) is 16.5. The van der Waals surface area contributed by atoms with Crippen LogP contribution in [0.25, 0.3) is 59.9 Å². The van der Waals surface area contributed by atoms with Crippen molar-refractivity contribution >= 4 is 84.8 Å². The first kappa shape index (κ1) is 53.0. The van der Waals surface area contributed by atoms with E-state index in [1.807, 2.05) is 39.8 Å². The maximum atomic E-state index is 17.4. The lowest BCUT2D eigenvalue weighted by atomic mass is 9.90. The molecule has 7 nitrogen and oxygen atoms in total. The summed E-state index contributed by atoms with van der Waals surface area (Å²) >= 11 is 3.78. The van der Waals surface area contributed by atoms with Gasteiger partial charge in [-0.2, -0.15) is 26.3 Å². The molecule has 4 heterocycles. The summed E-state index contributed by atoms with van der Waals surface area (Å²) in [5.74, 6) is -18.3. The summed E-state index contributed by atoms with van der Waals surface area (Å²) in [6.07, 6.45) is 0.267. The van der Waals surface area contributed by atoms with Crippen molar-refractivity contribution in [3.8, 4) is 32.6 Å². The molecule has 0 saturated heterocycles. The van der Waals surface area contributed by atoms with E-state index in [-0.39, 0.29) is 97.2 Å². The second-order valence-electron chi connectivity index (χ2n) is 17.5. The number of halogens is 6. The summed E-state index contributed by atoms with van der Waals surface area (Å²) in [4.78, 5) is 28.0. The van der Waals surface area contributed by atoms with Gasteiger partial charge in [0.2, 0.25) is 0 Å². The zero-order valence-electron chi connectivity index (χ0n) is 40.5. The van der Waals surface area contributed by atoms with Crippen molar-refractivity contribution in [3.63, 3.8) is 0 Å². The number of aryl methyl sites for hydroxylation is 2. The third kappa shape index (κ3) is 10.4. The van der Waals surface area contributed by atoms with E-state index in [1.54, 1.807) is 32.9 Å². The van der Waals surface area contributed by atoms with Gasteiger partial charge in [0.05, 0.1) is 26.4 Å². The molecule has 2 aromatic carbocycles. The quantitative estimate of drug-likeness (QED) is 0.0403. The first-order valence-corrected chi connectivity index (χ1v) is 25.4. The van der Waals surface area contributed by atoms with Crippen molar-refractivity contribution in [2.24, 2.45) is 0 Å². The Morgan fingerprint density at radius 3 is 1.75 bits per heavy atom. The minimum atomic E-state index is -5.93. The molecular weight excluding hydrogens is 983 g/mol. The minimum Gasteiger partial charge on any atom is -0.490 e. The highest BCUT2D eigenvalue weighted by molar-refractivity contribution is 7.23. The maximum Gasteiger partial charge on any atom is 0.380 e. The number of alkyl halides is 6. The predicted molar refractivity (Wildman–Crippen MR) is 274 cm³/mol. The van der Waals surface area contributed by atoms with Crippen LogP contribution in [0.15, 0.2) is 78.8 Å². The lowest BCUT2D eigenvalue weighted by Gasteiger charge is -2.26. The van der Waals surface area contributed by atoms with Crippen LogP contribution in [0.1, 0.15) is 108 Å². The first-order valence-electron chi connectivity index (χ1n) is 23.0. The number of esters is 2. The Bertz CT molecular complexity index is 3070. The van der Waals surface area contributed by atoms with Crippen molar-refractivity contribution in [2.75, 3.05) is 26.4 Å². The molecule has 0 atom stereocenters. The molecule has 0 unspecified atom stereocenters. The third-order valence-corrected chi connectivity index (χ3v) is 16.0. The molecule has 0 radical (unpaired) electrons. The van der Waals surface area contributed by atoms with Crippen molar-refractivity contribution in [3.05, 3.63) is 122 Å². The Kier molecular flexibility index (Phi) is 15.7. The van der Waals surface area contributed by atoms with E-state index < -0.39 is 52.0 Å². The van der Waals surface area contributed by atoms with Crippen LogP contribution in [0.3, 0.4) is 0 Å². The fourth-order valence-electron chi connectivity index (χ4n) is 8.23. The molecule has 376 valence electrons. The number of hydrogen-bond donors (Lipinski definition) is 0. The number of allylic oxidation sites excluding steroid dienone is 5. The normalized spacial score (nSPS) is 14.8. The molecule has 1 aliphatic carbocycles. The first-order chi connectivity index (χ1) is 33.5. The average Bonchev–Trinajstić information content (AvgIpc) is 4.10. The summed E-state index contributed by atoms with van der Waals surface area (Å²) in [7, 11) is 0. The number of hydrogen-bond acceptors (Lipinski definition) is 10. The summed E-state index contributed by atoms with van der Waals surface area (Å²) in [6.45, 7) is 24.6. The van der Waals surface area contributed by atoms with Crippen molar-refractivity contribution in [1.29, 1.82) is 0 Å². The summed E-state index contributed by atoms with van der Waals surface area (Å²) in [6, 6.07) is 13.9. The van der Waals surface area contributed by atoms with E-state index in [9.17, 15) is 9.59 Å². The topological polar surface area (TPSA) is 84.2 Å². The Balaban J connectivity index is 1.53. The van der Waals surface area contributed by atoms with Crippen LogP contribution < -0.4 is 9.47 Å². The van der Waals surface area contributed by atoms with E-state index in [2.05, 4.69) is 19.7 Å². The number of carbonyl (C=O) groups is 2. The summed E-state index contributed by atoms with van der Waals surface area (Å²) < 4.78 is 131. The Morgan fingerprint density at radius 2 is 1.21 bits per heavy atom. The Hall–Kier alpha value is -5.84. The molecule has 16 heteroatoms. The molecule has 71 heavy (non-hydrogen) atoms. The SMILES string of the molecule is C=C(C)c1ccc(-c2oc3cc(OCCCC(=O)OCC)c(OCCCC(=O)OCC)cc3c2C2=C(c3cc(-c4sc(C(=C)C)cc4C)sc3Cc3sc(C(=C)C)cc3C)C(F)(F)C(F)(F)C2(F)F)cc1. The number of benzene rings is 2. The summed E-state index contributed by atoms with van der Waals surface area (Å²) in [5, 5.41) is -0.249. The minimum absolute atomic E-state index is 0.00396. The Labute approximate surface area is 421 Å². The number of carbonyl (C=O) groups excluding carboxylic acids is 2. The van der Waals surface area contributed by atoms with Crippen molar-refractivity contribution in [2.45, 2.75) is 98.3 Å². The van der Waals surface area contributed by atoms with Gasteiger partial charge in [0.15, 0.2) is 11.5 Å². The number of rotatable bonds is 21. The van der Waals surface area contributed by atoms with Crippen LogP contribution in [-0.4, -0.2) is 56.1 Å². The van der Waals surface area contributed by atoms with E-state index >= 15 is 26.3 Å². The second kappa shape index (κ2) is 21.1. The fourth-order valence-corrected chi connectivity index (χ4v) is 11.9. The lowest BCUT2D eigenvalue weighted by molar-refractivity contribution is -0.254. The van der Waals surface area contributed by atoms with Gasteiger partial charge in [0.25, 0.3) is 0 Å². The monoisotopic (exact) mass is 1040 g/mol. The molecule has 0 spiro atoms. The van der Waals surface area contributed by atoms with Crippen LogP contribution in [0.2, 0.25) is 0 Å². The highest BCUT2D eigenvalue weighted by atomic mass is 32.1. The third-order valence-electron chi connectivity index (χ3n) is 11.9. The van der Waals surface area contributed by atoms with E-state index in [0.717, 1.165) is 48.2 Å². The van der Waals surface area contributed by atoms with Gasteiger partial charge in [0, 0.05) is 82.3 Å². The summed E-state index contributed by atoms with van der Waals surface area (Å²) in [5.41, 5.74) is 0.0478. The molecule has 0 aliphatic heterocycles. The van der Waals surface area contributed by atoms with Gasteiger partial charge in [-0.05, 0) is 119 Å². The largest absolute Gasteiger partial charge is 0.490 e. The highest BCUT2D eigenvalue weighted by Crippen LogP contribution is 2.67. The molecule has 0 amide bonds. The van der Waals surface area contributed by atoms with Gasteiger partial charge < -0.3 is 23.4 Å². The van der Waals surface area contributed by atoms with Gasteiger partial charge in [-0.25, -0.2) is 0 Å². The van der Waals surface area contributed by atoms with Gasteiger partial charge in [-0.15, -0.1) is 34.0 Å². The zero-order valence-corrected chi connectivity index (χ0v) is 43.0. The molecule has 1 aliphatic rings. The highest BCUT2D eigenvalue weighted by Gasteiger charge is 2.81. The molecule has 0 saturated carbocycles. The number of fused-ring (bicyclic) bond motifs is 1. The standard InChI is InChI=1S/C55H54F6O7S3/c1-11-64-46(62)15-13-21-66-39-25-36-38(27-40(39)67-22-14-16-47(63)65-12-2)68-51(35-19-17-34(18-20-35)29(3)4)48(36)50-49(53(56,57)55(60,61)54(50,58)59)37-26-45(52-33(10)24-42(71-52)31(7)8)70-44(37)28-43-32(9)23-41(69-43)30(5)6/h17-20,23-27H,3,5,7,11-16,21-22,28H2,1-2,4,6,8-10H3. The van der Waals surface area contributed by atoms with Gasteiger partial charge >= 0.3 is 29.7 Å². The second-order valence-corrected chi connectivity index (χ2v) is 20.8. The molecule has 4 aromatic heterocycles. The molecule has 6 aromatic rings. The molecule has 0 bridgehead atoms. The number of thiophene rings is 3.